The molecule has 0 heterocycles. The molecular weight excluding hydrogens is 885 g/mol. The van der Waals surface area contributed by atoms with Crippen molar-refractivity contribution in [1.29, 1.82) is 0 Å². The van der Waals surface area contributed by atoms with Crippen molar-refractivity contribution in [1.82, 2.24) is 0 Å². The van der Waals surface area contributed by atoms with Gasteiger partial charge in [0.2, 0.25) is 0 Å². The summed E-state index contributed by atoms with van der Waals surface area (Å²) in [6.45, 7) is 7.52. The van der Waals surface area contributed by atoms with Gasteiger partial charge in [-0.1, -0.05) is 277 Å². The van der Waals surface area contributed by atoms with Crippen molar-refractivity contribution >= 4 is 11.9 Å². The highest BCUT2D eigenvalue weighted by Crippen LogP contribution is 2.16. The number of esters is 2. The molecule has 0 saturated heterocycles. The Hall–Kier alpha value is -3.70. The fraction of sp³-hybridized carbons (Fsp3) is 0.672. The summed E-state index contributed by atoms with van der Waals surface area (Å²) in [5.74, 6) is -0.520. The van der Waals surface area contributed by atoms with E-state index in [1.165, 1.54) is 116 Å². The summed E-state index contributed by atoms with van der Waals surface area (Å²) >= 11 is 0. The second kappa shape index (κ2) is 61.6. The van der Waals surface area contributed by atoms with Gasteiger partial charge in [0.05, 0.1) is 6.61 Å². The summed E-state index contributed by atoms with van der Waals surface area (Å²) in [4.78, 5) is 25.5. The lowest BCUT2D eigenvalue weighted by Crippen LogP contribution is -2.30. The van der Waals surface area contributed by atoms with Gasteiger partial charge in [-0.15, -0.1) is 0 Å². The van der Waals surface area contributed by atoms with Crippen molar-refractivity contribution in [2.24, 2.45) is 0 Å². The maximum atomic E-state index is 12.9. The first-order valence-electron chi connectivity index (χ1n) is 30.1. The quantitative estimate of drug-likeness (QED) is 0.0345. The average molecular weight is 998 g/mol. The number of carbonyl (C=O) groups is 2. The van der Waals surface area contributed by atoms with Gasteiger partial charge in [0, 0.05) is 19.4 Å². The molecule has 0 aromatic heterocycles. The monoisotopic (exact) mass is 997 g/mol. The standard InChI is InChI=1S/C67H112O5/c1-4-7-10-13-16-19-22-25-28-31-33-35-38-41-44-47-50-53-56-59-62-70-63-65(72-67(69)61-58-55-52-49-46-43-40-36-30-27-24-21-18-15-12-9-6-3)64-71-66(68)60-57-54-51-48-45-42-39-37-34-32-29-26-23-20-17-14-11-8-5-2/h8-9,11-12,17-18,20-21,26-27,29-30,34,37,40,42-43,45,51,54,65H,4-7,10,13-16,19,22-25,28,31-33,35-36,38-39,41,44,46-50,52-53,55-64H2,1-3H3/b11-8-,12-9-,20-17-,21-18-,29-26-,30-27-,37-34-,43-40-,45-42-,54-51-. The van der Waals surface area contributed by atoms with E-state index in [4.69, 9.17) is 14.2 Å². The second-order valence-electron chi connectivity index (χ2n) is 19.5. The molecule has 0 aliphatic heterocycles. The highest BCUT2D eigenvalue weighted by molar-refractivity contribution is 5.70. The second-order valence-corrected chi connectivity index (χ2v) is 19.5. The fourth-order valence-corrected chi connectivity index (χ4v) is 8.12. The Bertz CT molecular complexity index is 1450. The van der Waals surface area contributed by atoms with Gasteiger partial charge in [0.25, 0.3) is 0 Å². The van der Waals surface area contributed by atoms with Gasteiger partial charge >= 0.3 is 11.9 Å². The molecule has 0 aliphatic rings. The van der Waals surface area contributed by atoms with Gasteiger partial charge < -0.3 is 14.2 Å². The first kappa shape index (κ1) is 68.3. The average Bonchev–Trinajstić information content (AvgIpc) is 3.38. The molecule has 0 aromatic carbocycles. The van der Waals surface area contributed by atoms with Crippen molar-refractivity contribution in [2.75, 3.05) is 19.8 Å². The molecule has 0 fully saturated rings. The van der Waals surface area contributed by atoms with E-state index >= 15 is 0 Å². The molecule has 0 spiro atoms. The normalized spacial score (nSPS) is 13.1. The number of hydrogen-bond donors (Lipinski definition) is 0. The lowest BCUT2D eigenvalue weighted by atomic mass is 10.0. The van der Waals surface area contributed by atoms with Gasteiger partial charge in [-0.3, -0.25) is 9.59 Å². The largest absolute Gasteiger partial charge is 0.462 e. The third kappa shape index (κ3) is 58.9. The summed E-state index contributed by atoms with van der Waals surface area (Å²) in [5, 5.41) is 0. The van der Waals surface area contributed by atoms with Crippen LogP contribution in [0.5, 0.6) is 0 Å². The van der Waals surface area contributed by atoms with E-state index in [2.05, 4.69) is 136 Å². The highest BCUT2D eigenvalue weighted by atomic mass is 16.6. The van der Waals surface area contributed by atoms with Crippen LogP contribution in [-0.4, -0.2) is 37.9 Å². The molecule has 5 heteroatoms. The summed E-state index contributed by atoms with van der Waals surface area (Å²) < 4.78 is 17.4. The van der Waals surface area contributed by atoms with Crippen molar-refractivity contribution in [3.05, 3.63) is 122 Å². The van der Waals surface area contributed by atoms with Crippen molar-refractivity contribution in [3.63, 3.8) is 0 Å². The van der Waals surface area contributed by atoms with E-state index < -0.39 is 6.10 Å². The highest BCUT2D eigenvalue weighted by Gasteiger charge is 2.17. The van der Waals surface area contributed by atoms with E-state index in [0.717, 1.165) is 109 Å². The minimum absolute atomic E-state index is 0.0302. The fourth-order valence-electron chi connectivity index (χ4n) is 8.12. The van der Waals surface area contributed by atoms with Gasteiger partial charge in [-0.2, -0.15) is 0 Å². The molecule has 0 bridgehead atoms. The first-order chi connectivity index (χ1) is 35.6. The lowest BCUT2D eigenvalue weighted by Gasteiger charge is -2.18. The molecule has 5 nitrogen and oxygen atoms in total. The van der Waals surface area contributed by atoms with E-state index in [9.17, 15) is 9.59 Å². The number of rotatable bonds is 54. The Morgan fingerprint density at radius 2 is 0.653 bits per heavy atom. The zero-order chi connectivity index (χ0) is 52.0. The van der Waals surface area contributed by atoms with Crippen LogP contribution >= 0.6 is 0 Å². The zero-order valence-electron chi connectivity index (χ0n) is 47.2. The molecular formula is C67H112O5. The minimum atomic E-state index is -0.587. The van der Waals surface area contributed by atoms with E-state index in [0.29, 0.717) is 25.9 Å². The molecule has 1 unspecified atom stereocenters. The Kier molecular flexibility index (Phi) is 58.4. The number of unbranched alkanes of at least 4 members (excludes halogenated alkanes) is 23. The zero-order valence-corrected chi connectivity index (χ0v) is 47.2. The maximum absolute atomic E-state index is 12.9. The molecule has 0 rings (SSSR count). The van der Waals surface area contributed by atoms with E-state index in [-0.39, 0.29) is 25.2 Å². The number of carbonyl (C=O) groups excluding carboxylic acids is 2. The predicted octanol–water partition coefficient (Wildman–Crippen LogP) is 20.9. The molecule has 0 aliphatic carbocycles. The van der Waals surface area contributed by atoms with Crippen LogP contribution in [0.1, 0.15) is 265 Å². The minimum Gasteiger partial charge on any atom is -0.462 e. The van der Waals surface area contributed by atoms with Gasteiger partial charge in [-0.25, -0.2) is 0 Å². The van der Waals surface area contributed by atoms with E-state index in [1.54, 1.807) is 0 Å². The van der Waals surface area contributed by atoms with Crippen LogP contribution in [0.3, 0.4) is 0 Å². The van der Waals surface area contributed by atoms with Crippen LogP contribution in [0.15, 0.2) is 122 Å². The van der Waals surface area contributed by atoms with E-state index in [1.807, 2.05) is 6.08 Å². The third-order valence-corrected chi connectivity index (χ3v) is 12.5. The summed E-state index contributed by atoms with van der Waals surface area (Å²) in [6, 6.07) is 0. The summed E-state index contributed by atoms with van der Waals surface area (Å²) in [7, 11) is 0. The molecule has 0 radical (unpaired) electrons. The van der Waals surface area contributed by atoms with Crippen LogP contribution in [0.25, 0.3) is 0 Å². The molecule has 0 aromatic rings. The van der Waals surface area contributed by atoms with Crippen LogP contribution < -0.4 is 0 Å². The van der Waals surface area contributed by atoms with Crippen molar-refractivity contribution < 1.29 is 23.8 Å². The Labute approximate surface area is 446 Å². The van der Waals surface area contributed by atoms with Crippen molar-refractivity contribution in [3.8, 4) is 0 Å². The lowest BCUT2D eigenvalue weighted by molar-refractivity contribution is -0.162. The first-order valence-corrected chi connectivity index (χ1v) is 30.1. The van der Waals surface area contributed by atoms with Crippen LogP contribution in [0.2, 0.25) is 0 Å². The van der Waals surface area contributed by atoms with Crippen molar-refractivity contribution in [2.45, 2.75) is 271 Å². The maximum Gasteiger partial charge on any atom is 0.306 e. The summed E-state index contributed by atoms with van der Waals surface area (Å²) in [5.41, 5.74) is 0. The summed E-state index contributed by atoms with van der Waals surface area (Å²) in [6.07, 6.45) is 86.7. The molecule has 0 amide bonds. The number of ether oxygens (including phenoxy) is 3. The van der Waals surface area contributed by atoms with Crippen LogP contribution in [0.4, 0.5) is 0 Å². The predicted molar refractivity (Wildman–Crippen MR) is 316 cm³/mol. The Morgan fingerprint density at radius 1 is 0.319 bits per heavy atom. The van der Waals surface area contributed by atoms with Crippen LogP contribution in [0, 0.1) is 0 Å². The molecule has 410 valence electrons. The smallest absolute Gasteiger partial charge is 0.306 e. The van der Waals surface area contributed by atoms with Gasteiger partial charge in [-0.05, 0) is 96.3 Å². The Morgan fingerprint density at radius 3 is 1.06 bits per heavy atom. The molecule has 0 N–H and O–H groups in total. The van der Waals surface area contributed by atoms with Crippen LogP contribution in [-0.2, 0) is 23.8 Å². The SMILES string of the molecule is CC/C=C\C/C=C\C/C=C\C/C=C\C/C=C\C/C=C\CCC(=O)OCC(COCCCCCCCCCCCCCCCCCCCCCC)OC(=O)CCCCCC/C=C\C/C=C\C/C=C\C/C=C\CC. The van der Waals surface area contributed by atoms with Gasteiger partial charge in [0.1, 0.15) is 6.61 Å². The molecule has 1 atom stereocenters. The van der Waals surface area contributed by atoms with Gasteiger partial charge in [0.15, 0.2) is 6.10 Å². The molecule has 0 saturated carbocycles. The topological polar surface area (TPSA) is 61.8 Å². The molecule has 72 heavy (non-hydrogen) atoms. The third-order valence-electron chi connectivity index (χ3n) is 12.5. The number of hydrogen-bond acceptors (Lipinski definition) is 5. The number of allylic oxidation sites excluding steroid dienone is 20. The Balaban J connectivity index is 4.42.